The molecule has 0 aliphatic heterocycles. The summed E-state index contributed by atoms with van der Waals surface area (Å²) in [6.45, 7) is 5.38. The minimum absolute atomic E-state index is 0.242. The van der Waals surface area contributed by atoms with Crippen LogP contribution in [0.3, 0.4) is 0 Å². The highest BCUT2D eigenvalue weighted by atomic mass is 79.9. The molecular formula is C12H18BrClN2. The van der Waals surface area contributed by atoms with Crippen LogP contribution in [0.2, 0.25) is 0 Å². The summed E-state index contributed by atoms with van der Waals surface area (Å²) in [7, 11) is 0. The third-order valence-electron chi connectivity index (χ3n) is 2.48. The Morgan fingerprint density at radius 2 is 2.25 bits per heavy atom. The number of rotatable bonds is 6. The first kappa shape index (κ1) is 13.8. The lowest BCUT2D eigenvalue weighted by molar-refractivity contribution is 0.355. The Labute approximate surface area is 111 Å². The molecule has 0 saturated carbocycles. The molecule has 0 radical (unpaired) electrons. The molecule has 1 rings (SSSR count). The van der Waals surface area contributed by atoms with E-state index < -0.39 is 0 Å². The fraction of sp³-hybridized carbons (Fsp3) is 0.583. The molecule has 0 saturated heterocycles. The highest BCUT2D eigenvalue weighted by Gasteiger charge is 2.17. The van der Waals surface area contributed by atoms with Crippen molar-refractivity contribution in [2.45, 2.75) is 26.7 Å². The predicted octanol–water partition coefficient (Wildman–Crippen LogP) is 4.30. The van der Waals surface area contributed by atoms with Crippen molar-refractivity contribution in [2.75, 3.05) is 17.7 Å². The Balaban J connectivity index is 2.47. The Kier molecular flexibility index (Phi) is 5.56. The molecule has 2 nitrogen and oxygen atoms in total. The number of hydrogen-bond acceptors (Lipinski definition) is 2. The van der Waals surface area contributed by atoms with E-state index in [0.717, 1.165) is 35.6 Å². The van der Waals surface area contributed by atoms with Crippen LogP contribution in [0.15, 0.2) is 22.8 Å². The van der Waals surface area contributed by atoms with Gasteiger partial charge in [-0.05, 0) is 46.3 Å². The number of nitrogens with zero attached hydrogens (tertiary/aromatic N) is 1. The van der Waals surface area contributed by atoms with Gasteiger partial charge >= 0.3 is 0 Å². The van der Waals surface area contributed by atoms with E-state index in [4.69, 9.17) is 11.6 Å². The second-order valence-electron chi connectivity index (χ2n) is 4.64. The SMILES string of the molecule is CC(C)(CCCCl)CNc1ncccc1Br. The van der Waals surface area contributed by atoms with Crippen LogP contribution in [-0.2, 0) is 0 Å². The van der Waals surface area contributed by atoms with Gasteiger partial charge in [-0.2, -0.15) is 0 Å². The van der Waals surface area contributed by atoms with Gasteiger partial charge in [-0.1, -0.05) is 13.8 Å². The molecule has 0 amide bonds. The van der Waals surface area contributed by atoms with Crippen molar-refractivity contribution in [3.05, 3.63) is 22.8 Å². The minimum atomic E-state index is 0.242. The van der Waals surface area contributed by atoms with Crippen molar-refractivity contribution in [1.29, 1.82) is 0 Å². The first-order chi connectivity index (χ1) is 7.55. The van der Waals surface area contributed by atoms with Gasteiger partial charge in [0.1, 0.15) is 5.82 Å². The van der Waals surface area contributed by atoms with E-state index in [2.05, 4.69) is 40.1 Å². The molecule has 0 aliphatic carbocycles. The van der Waals surface area contributed by atoms with Gasteiger partial charge in [0.25, 0.3) is 0 Å². The molecular weight excluding hydrogens is 288 g/mol. The van der Waals surface area contributed by atoms with E-state index in [0.29, 0.717) is 0 Å². The normalized spacial score (nSPS) is 11.5. The number of hydrogen-bond donors (Lipinski definition) is 1. The van der Waals surface area contributed by atoms with E-state index in [-0.39, 0.29) is 5.41 Å². The zero-order valence-corrected chi connectivity index (χ0v) is 12.1. The molecule has 16 heavy (non-hydrogen) atoms. The molecule has 0 spiro atoms. The topological polar surface area (TPSA) is 24.9 Å². The van der Waals surface area contributed by atoms with Gasteiger partial charge in [0, 0.05) is 18.6 Å². The molecule has 1 heterocycles. The molecule has 0 aliphatic rings. The number of alkyl halides is 1. The van der Waals surface area contributed by atoms with Crippen LogP contribution in [0.1, 0.15) is 26.7 Å². The van der Waals surface area contributed by atoms with E-state index in [1.807, 2.05) is 12.1 Å². The summed E-state index contributed by atoms with van der Waals surface area (Å²) in [5, 5.41) is 3.36. The maximum Gasteiger partial charge on any atom is 0.140 e. The smallest absolute Gasteiger partial charge is 0.140 e. The van der Waals surface area contributed by atoms with E-state index in [9.17, 15) is 0 Å². The highest BCUT2D eigenvalue weighted by molar-refractivity contribution is 9.10. The van der Waals surface area contributed by atoms with E-state index in [1.54, 1.807) is 6.20 Å². The molecule has 1 aromatic heterocycles. The van der Waals surface area contributed by atoms with Gasteiger partial charge in [0.15, 0.2) is 0 Å². The molecule has 0 atom stereocenters. The van der Waals surface area contributed by atoms with Gasteiger partial charge in [0.2, 0.25) is 0 Å². The molecule has 0 fully saturated rings. The Hall–Kier alpha value is -0.280. The first-order valence-electron chi connectivity index (χ1n) is 5.45. The lowest BCUT2D eigenvalue weighted by Crippen LogP contribution is -2.23. The summed E-state index contributed by atoms with van der Waals surface area (Å²) < 4.78 is 1.00. The zero-order valence-electron chi connectivity index (χ0n) is 9.76. The fourth-order valence-electron chi connectivity index (χ4n) is 1.47. The fourth-order valence-corrected chi connectivity index (χ4v) is 2.00. The average Bonchev–Trinajstić information content (AvgIpc) is 2.26. The molecule has 4 heteroatoms. The average molecular weight is 306 g/mol. The van der Waals surface area contributed by atoms with Gasteiger partial charge in [0.05, 0.1) is 4.47 Å². The van der Waals surface area contributed by atoms with Crippen molar-refractivity contribution in [1.82, 2.24) is 4.98 Å². The summed E-state index contributed by atoms with van der Waals surface area (Å²) in [4.78, 5) is 4.28. The minimum Gasteiger partial charge on any atom is -0.369 e. The lowest BCUT2D eigenvalue weighted by Gasteiger charge is -2.25. The standard InChI is InChI=1S/C12H18BrClN2/c1-12(2,6-4-7-14)9-16-11-10(13)5-3-8-15-11/h3,5,8H,4,6-7,9H2,1-2H3,(H,15,16). The van der Waals surface area contributed by atoms with Crippen molar-refractivity contribution >= 4 is 33.3 Å². The van der Waals surface area contributed by atoms with Gasteiger partial charge in [-0.25, -0.2) is 4.98 Å². The third kappa shape index (κ3) is 4.71. The lowest BCUT2D eigenvalue weighted by atomic mass is 9.88. The van der Waals surface area contributed by atoms with Crippen molar-refractivity contribution in [3.8, 4) is 0 Å². The van der Waals surface area contributed by atoms with Crippen LogP contribution >= 0.6 is 27.5 Å². The molecule has 1 aromatic rings. The summed E-state index contributed by atoms with van der Waals surface area (Å²) in [6, 6.07) is 3.90. The maximum atomic E-state index is 5.71. The monoisotopic (exact) mass is 304 g/mol. The maximum absolute atomic E-state index is 5.71. The first-order valence-corrected chi connectivity index (χ1v) is 6.78. The van der Waals surface area contributed by atoms with E-state index in [1.165, 1.54) is 0 Å². The highest BCUT2D eigenvalue weighted by Crippen LogP contribution is 2.25. The number of aromatic nitrogens is 1. The van der Waals surface area contributed by atoms with Gasteiger partial charge < -0.3 is 5.32 Å². The van der Waals surface area contributed by atoms with Crippen LogP contribution < -0.4 is 5.32 Å². The Bertz CT molecular complexity index is 329. The molecule has 1 N–H and O–H groups in total. The molecule has 0 bridgehead atoms. The largest absolute Gasteiger partial charge is 0.369 e. The number of anilines is 1. The quantitative estimate of drug-likeness (QED) is 0.793. The van der Waals surface area contributed by atoms with Crippen LogP contribution in [0.5, 0.6) is 0 Å². The third-order valence-corrected chi connectivity index (χ3v) is 3.39. The number of nitrogens with one attached hydrogen (secondary N) is 1. The van der Waals surface area contributed by atoms with Crippen LogP contribution in [0, 0.1) is 5.41 Å². The second-order valence-corrected chi connectivity index (χ2v) is 5.88. The van der Waals surface area contributed by atoms with Crippen LogP contribution in [0.25, 0.3) is 0 Å². The molecule has 0 aromatic carbocycles. The van der Waals surface area contributed by atoms with Crippen molar-refractivity contribution < 1.29 is 0 Å². The number of pyridine rings is 1. The second kappa shape index (κ2) is 6.45. The summed E-state index contributed by atoms with van der Waals surface area (Å²) in [5.74, 6) is 1.64. The zero-order chi connectivity index (χ0) is 12.0. The van der Waals surface area contributed by atoms with Crippen LogP contribution in [0.4, 0.5) is 5.82 Å². The Morgan fingerprint density at radius 1 is 1.50 bits per heavy atom. The Morgan fingerprint density at radius 3 is 2.88 bits per heavy atom. The predicted molar refractivity (Wildman–Crippen MR) is 74.2 cm³/mol. The number of halogens is 2. The summed E-state index contributed by atoms with van der Waals surface area (Å²) >= 11 is 9.18. The van der Waals surface area contributed by atoms with Gasteiger partial charge in [-0.15, -0.1) is 11.6 Å². The van der Waals surface area contributed by atoms with Gasteiger partial charge in [-0.3, -0.25) is 0 Å². The van der Waals surface area contributed by atoms with E-state index >= 15 is 0 Å². The van der Waals surface area contributed by atoms with Crippen molar-refractivity contribution in [3.63, 3.8) is 0 Å². The molecule has 90 valence electrons. The van der Waals surface area contributed by atoms with Crippen molar-refractivity contribution in [2.24, 2.45) is 5.41 Å². The summed E-state index contributed by atoms with van der Waals surface area (Å²) in [6.07, 6.45) is 3.96. The van der Waals surface area contributed by atoms with Crippen LogP contribution in [-0.4, -0.2) is 17.4 Å². The summed E-state index contributed by atoms with van der Waals surface area (Å²) in [5.41, 5.74) is 0.242. The molecule has 0 unspecified atom stereocenters.